The van der Waals surface area contributed by atoms with E-state index in [0.29, 0.717) is 29.4 Å². The molecule has 24 heavy (non-hydrogen) atoms. The molecule has 5 heteroatoms. The van der Waals surface area contributed by atoms with Gasteiger partial charge < -0.3 is 18.9 Å². The van der Waals surface area contributed by atoms with E-state index in [1.165, 1.54) is 0 Å². The van der Waals surface area contributed by atoms with Crippen LogP contribution in [0.4, 0.5) is 0 Å². The van der Waals surface area contributed by atoms with Gasteiger partial charge in [0.15, 0.2) is 0 Å². The molecule has 1 unspecified atom stereocenters. The van der Waals surface area contributed by atoms with Gasteiger partial charge >= 0.3 is 0 Å². The maximum Gasteiger partial charge on any atom is 0.125 e. The smallest absolute Gasteiger partial charge is 0.125 e. The molecule has 0 aliphatic rings. The summed E-state index contributed by atoms with van der Waals surface area (Å²) in [6, 6.07) is 13.4. The van der Waals surface area contributed by atoms with Gasteiger partial charge in [0.1, 0.15) is 23.0 Å². The zero-order valence-electron chi connectivity index (χ0n) is 14.3. The van der Waals surface area contributed by atoms with E-state index in [1.807, 2.05) is 36.4 Å². The fourth-order valence-corrected chi connectivity index (χ4v) is 2.58. The molecule has 0 amide bonds. The lowest BCUT2D eigenvalue weighted by Gasteiger charge is -2.17. The molecular formula is C19H21NO4. The summed E-state index contributed by atoms with van der Waals surface area (Å²) in [6.07, 6.45) is 0.493. The predicted octanol–water partition coefficient (Wildman–Crippen LogP) is 3.57. The highest BCUT2D eigenvalue weighted by atomic mass is 16.5. The fourth-order valence-electron chi connectivity index (χ4n) is 2.58. The number of hydrogen-bond acceptors (Lipinski definition) is 5. The average molecular weight is 327 g/mol. The highest BCUT2D eigenvalue weighted by Crippen LogP contribution is 2.35. The van der Waals surface area contributed by atoms with Gasteiger partial charge in [-0.05, 0) is 36.2 Å². The first kappa shape index (κ1) is 17.5. The van der Waals surface area contributed by atoms with Crippen molar-refractivity contribution in [2.75, 3.05) is 28.4 Å². The average Bonchev–Trinajstić information content (AvgIpc) is 2.65. The molecule has 0 heterocycles. The summed E-state index contributed by atoms with van der Waals surface area (Å²) in [6.45, 7) is 0. The normalized spacial score (nSPS) is 11.3. The summed E-state index contributed by atoms with van der Waals surface area (Å²) in [5.74, 6) is 2.36. The zero-order valence-corrected chi connectivity index (χ0v) is 14.3. The second kappa shape index (κ2) is 8.11. The third kappa shape index (κ3) is 3.72. The van der Waals surface area contributed by atoms with Crippen LogP contribution in [0.1, 0.15) is 17.0 Å². The Labute approximate surface area is 142 Å². The number of rotatable bonds is 7. The van der Waals surface area contributed by atoms with Gasteiger partial charge in [-0.15, -0.1) is 0 Å². The summed E-state index contributed by atoms with van der Waals surface area (Å²) in [7, 11) is 6.40. The minimum Gasteiger partial charge on any atom is -0.497 e. The molecule has 2 aromatic carbocycles. The third-order valence-corrected chi connectivity index (χ3v) is 3.89. The maximum absolute atomic E-state index is 9.68. The van der Waals surface area contributed by atoms with Gasteiger partial charge in [-0.2, -0.15) is 5.26 Å². The van der Waals surface area contributed by atoms with Gasteiger partial charge in [0.2, 0.25) is 0 Å². The Balaban J connectivity index is 2.39. The summed E-state index contributed by atoms with van der Waals surface area (Å²) >= 11 is 0. The second-order valence-corrected chi connectivity index (χ2v) is 5.17. The zero-order chi connectivity index (χ0) is 17.5. The van der Waals surface area contributed by atoms with Crippen LogP contribution in [-0.4, -0.2) is 28.4 Å². The van der Waals surface area contributed by atoms with Gasteiger partial charge in [0.05, 0.1) is 40.4 Å². The number of ether oxygens (including phenoxy) is 4. The van der Waals surface area contributed by atoms with Gasteiger partial charge in [-0.25, -0.2) is 0 Å². The summed E-state index contributed by atoms with van der Waals surface area (Å²) in [5.41, 5.74) is 1.71. The van der Waals surface area contributed by atoms with Crippen molar-refractivity contribution < 1.29 is 18.9 Å². The SMILES string of the molecule is COc1ccc(CC(C#N)c2cc(OC)ccc2OC)c(OC)c1. The minimum absolute atomic E-state index is 0.391. The molecule has 126 valence electrons. The van der Waals surface area contributed by atoms with Crippen LogP contribution in [0.2, 0.25) is 0 Å². The van der Waals surface area contributed by atoms with E-state index in [0.717, 1.165) is 11.1 Å². The van der Waals surface area contributed by atoms with Crippen molar-refractivity contribution >= 4 is 0 Å². The van der Waals surface area contributed by atoms with E-state index < -0.39 is 5.92 Å². The molecule has 0 radical (unpaired) electrons. The largest absolute Gasteiger partial charge is 0.497 e. The summed E-state index contributed by atoms with van der Waals surface area (Å²) in [4.78, 5) is 0. The van der Waals surface area contributed by atoms with E-state index >= 15 is 0 Å². The van der Waals surface area contributed by atoms with Gasteiger partial charge in [0, 0.05) is 11.6 Å². The molecule has 0 aromatic heterocycles. The number of methoxy groups -OCH3 is 4. The first-order valence-corrected chi connectivity index (χ1v) is 7.49. The monoisotopic (exact) mass is 327 g/mol. The lowest BCUT2D eigenvalue weighted by molar-refractivity contribution is 0.389. The van der Waals surface area contributed by atoms with Crippen LogP contribution < -0.4 is 18.9 Å². The lowest BCUT2D eigenvalue weighted by Crippen LogP contribution is -2.05. The van der Waals surface area contributed by atoms with E-state index in [2.05, 4.69) is 6.07 Å². The van der Waals surface area contributed by atoms with Crippen molar-refractivity contribution in [1.82, 2.24) is 0 Å². The number of hydrogen-bond donors (Lipinski definition) is 0. The van der Waals surface area contributed by atoms with Gasteiger partial charge in [-0.1, -0.05) is 6.07 Å². The first-order chi connectivity index (χ1) is 11.7. The van der Waals surface area contributed by atoms with Crippen LogP contribution in [0.25, 0.3) is 0 Å². The Kier molecular flexibility index (Phi) is 5.91. The van der Waals surface area contributed by atoms with Gasteiger partial charge in [-0.3, -0.25) is 0 Å². The van der Waals surface area contributed by atoms with Crippen molar-refractivity contribution in [3.8, 4) is 29.1 Å². The standard InChI is InChI=1S/C19H21NO4/c1-21-15-7-8-18(23-3)17(10-15)14(12-20)9-13-5-6-16(22-2)11-19(13)24-4/h5-8,10-11,14H,9H2,1-4H3. The highest BCUT2D eigenvalue weighted by Gasteiger charge is 2.19. The quantitative estimate of drug-likeness (QED) is 0.778. The Morgan fingerprint density at radius 1 is 0.833 bits per heavy atom. The van der Waals surface area contributed by atoms with Crippen molar-refractivity contribution in [3.05, 3.63) is 47.5 Å². The highest BCUT2D eigenvalue weighted by molar-refractivity contribution is 5.47. The van der Waals surface area contributed by atoms with Crippen LogP contribution >= 0.6 is 0 Å². The predicted molar refractivity (Wildman–Crippen MR) is 91.2 cm³/mol. The van der Waals surface area contributed by atoms with E-state index in [1.54, 1.807) is 28.4 Å². The molecular weight excluding hydrogens is 306 g/mol. The summed E-state index contributed by atoms with van der Waals surface area (Å²) in [5, 5.41) is 9.68. The molecule has 5 nitrogen and oxygen atoms in total. The Morgan fingerprint density at radius 2 is 1.46 bits per heavy atom. The third-order valence-electron chi connectivity index (χ3n) is 3.89. The Bertz CT molecular complexity index is 737. The summed E-state index contributed by atoms with van der Waals surface area (Å²) < 4.78 is 21.3. The van der Waals surface area contributed by atoms with E-state index in [4.69, 9.17) is 18.9 Å². The van der Waals surface area contributed by atoms with Crippen molar-refractivity contribution in [2.24, 2.45) is 0 Å². The molecule has 2 rings (SSSR count). The fraction of sp³-hybridized carbons (Fsp3) is 0.316. The topological polar surface area (TPSA) is 60.7 Å². The molecule has 0 fully saturated rings. The lowest BCUT2D eigenvalue weighted by atomic mass is 9.92. The number of nitriles is 1. The van der Waals surface area contributed by atoms with Crippen molar-refractivity contribution in [1.29, 1.82) is 5.26 Å². The van der Waals surface area contributed by atoms with Crippen LogP contribution in [-0.2, 0) is 6.42 Å². The molecule has 1 atom stereocenters. The molecule has 0 saturated heterocycles. The molecule has 2 aromatic rings. The first-order valence-electron chi connectivity index (χ1n) is 7.49. The molecule has 0 aliphatic carbocycles. The molecule has 0 spiro atoms. The molecule has 0 N–H and O–H groups in total. The van der Waals surface area contributed by atoms with Crippen LogP contribution in [0, 0.1) is 11.3 Å². The number of benzene rings is 2. The second-order valence-electron chi connectivity index (χ2n) is 5.17. The van der Waals surface area contributed by atoms with E-state index in [-0.39, 0.29) is 0 Å². The van der Waals surface area contributed by atoms with Gasteiger partial charge in [0.25, 0.3) is 0 Å². The minimum atomic E-state index is -0.391. The van der Waals surface area contributed by atoms with Crippen molar-refractivity contribution in [2.45, 2.75) is 12.3 Å². The van der Waals surface area contributed by atoms with Crippen LogP contribution in [0.3, 0.4) is 0 Å². The van der Waals surface area contributed by atoms with Crippen molar-refractivity contribution in [3.63, 3.8) is 0 Å². The number of nitrogens with zero attached hydrogens (tertiary/aromatic N) is 1. The molecule has 0 bridgehead atoms. The molecule has 0 saturated carbocycles. The Hall–Kier alpha value is -2.87. The van der Waals surface area contributed by atoms with E-state index in [9.17, 15) is 5.26 Å². The maximum atomic E-state index is 9.68. The Morgan fingerprint density at radius 3 is 2.04 bits per heavy atom. The molecule has 0 aliphatic heterocycles. The van der Waals surface area contributed by atoms with Crippen LogP contribution in [0.5, 0.6) is 23.0 Å². The van der Waals surface area contributed by atoms with Crippen LogP contribution in [0.15, 0.2) is 36.4 Å².